The van der Waals surface area contributed by atoms with Crippen LogP contribution in [0.4, 0.5) is 10.8 Å². The summed E-state index contributed by atoms with van der Waals surface area (Å²) in [4.78, 5) is 34.8. The van der Waals surface area contributed by atoms with Gasteiger partial charge in [0, 0.05) is 30.2 Å². The number of amidine groups is 1. The van der Waals surface area contributed by atoms with Gasteiger partial charge in [0.2, 0.25) is 16.9 Å². The van der Waals surface area contributed by atoms with Gasteiger partial charge in [0.1, 0.15) is 5.25 Å². The minimum absolute atomic E-state index is 0.0824. The highest BCUT2D eigenvalue weighted by Crippen LogP contribution is 2.32. The summed E-state index contributed by atoms with van der Waals surface area (Å²) in [6, 6.07) is 9.21. The van der Waals surface area contributed by atoms with Crippen molar-refractivity contribution < 1.29 is 9.59 Å². The Hall–Kier alpha value is -2.19. The van der Waals surface area contributed by atoms with E-state index in [1.165, 1.54) is 23.1 Å². The number of aliphatic imine (C=N–C) groups is 1. The summed E-state index contributed by atoms with van der Waals surface area (Å²) in [5.41, 5.74) is 0.724. The molecule has 2 amide bonds. The topological polar surface area (TPSA) is 74.7 Å². The Bertz CT molecular complexity index is 747. The van der Waals surface area contributed by atoms with Gasteiger partial charge in [-0.1, -0.05) is 30.0 Å². The van der Waals surface area contributed by atoms with Crippen molar-refractivity contribution in [2.45, 2.75) is 18.6 Å². The summed E-state index contributed by atoms with van der Waals surface area (Å²) in [6.07, 6.45) is 1.79. The zero-order chi connectivity index (χ0) is 16.9. The molecule has 6 nitrogen and oxygen atoms in total. The fourth-order valence-electron chi connectivity index (χ4n) is 2.27. The molecule has 0 aliphatic carbocycles. The van der Waals surface area contributed by atoms with Crippen molar-refractivity contribution >= 4 is 50.9 Å². The number of rotatable bonds is 5. The van der Waals surface area contributed by atoms with Crippen LogP contribution in [0.15, 0.2) is 46.9 Å². The quantitative estimate of drug-likeness (QED) is 0.889. The van der Waals surface area contributed by atoms with E-state index in [1.54, 1.807) is 11.1 Å². The lowest BCUT2D eigenvalue weighted by Crippen LogP contribution is -2.33. The zero-order valence-corrected chi connectivity index (χ0v) is 14.6. The molecule has 1 saturated heterocycles. The molecule has 124 valence electrons. The van der Waals surface area contributed by atoms with Crippen molar-refractivity contribution in [1.29, 1.82) is 0 Å². The molecule has 2 heterocycles. The number of nitrogens with zero attached hydrogens (tertiary/aromatic N) is 3. The van der Waals surface area contributed by atoms with Gasteiger partial charge in [-0.05, 0) is 19.1 Å². The third-order valence-corrected chi connectivity index (χ3v) is 5.22. The number of para-hydroxylation sites is 1. The van der Waals surface area contributed by atoms with Crippen LogP contribution in [0.2, 0.25) is 0 Å². The molecule has 1 aromatic carbocycles. The molecule has 0 radical (unpaired) electrons. The van der Waals surface area contributed by atoms with E-state index >= 15 is 0 Å². The van der Waals surface area contributed by atoms with E-state index in [9.17, 15) is 9.59 Å². The van der Waals surface area contributed by atoms with E-state index < -0.39 is 5.25 Å². The zero-order valence-electron chi connectivity index (χ0n) is 13.0. The fourth-order valence-corrected chi connectivity index (χ4v) is 4.04. The van der Waals surface area contributed by atoms with Crippen molar-refractivity contribution in [1.82, 2.24) is 9.88 Å². The molecule has 0 unspecified atom stereocenters. The van der Waals surface area contributed by atoms with Crippen molar-refractivity contribution in [3.05, 3.63) is 41.9 Å². The molecule has 1 fully saturated rings. The van der Waals surface area contributed by atoms with Crippen LogP contribution in [-0.2, 0) is 9.59 Å². The monoisotopic (exact) mass is 360 g/mol. The maximum Gasteiger partial charge on any atom is 0.242 e. The van der Waals surface area contributed by atoms with Gasteiger partial charge in [-0.3, -0.25) is 14.5 Å². The smallest absolute Gasteiger partial charge is 0.242 e. The maximum absolute atomic E-state index is 12.5. The molecular weight excluding hydrogens is 344 g/mol. The van der Waals surface area contributed by atoms with E-state index in [0.717, 1.165) is 5.69 Å². The lowest BCUT2D eigenvalue weighted by Gasteiger charge is -2.12. The van der Waals surface area contributed by atoms with Gasteiger partial charge in [0.05, 0.1) is 0 Å². The minimum atomic E-state index is -0.452. The molecular formula is C16H16N4O2S2. The summed E-state index contributed by atoms with van der Waals surface area (Å²) in [5, 5.41) is 5.41. The maximum atomic E-state index is 12.5. The second-order valence-electron chi connectivity index (χ2n) is 5.02. The second kappa shape index (κ2) is 7.59. The van der Waals surface area contributed by atoms with Crippen LogP contribution >= 0.6 is 23.1 Å². The lowest BCUT2D eigenvalue weighted by atomic mass is 10.2. The number of nitrogens with one attached hydrogen (secondary N) is 1. The summed E-state index contributed by atoms with van der Waals surface area (Å²) >= 11 is 2.73. The first-order chi connectivity index (χ1) is 11.7. The van der Waals surface area contributed by atoms with Gasteiger partial charge in [-0.25, -0.2) is 4.98 Å². The molecule has 1 N–H and O–H groups in total. The van der Waals surface area contributed by atoms with Crippen molar-refractivity contribution in [2.75, 3.05) is 11.9 Å². The molecule has 2 aromatic rings. The highest BCUT2D eigenvalue weighted by molar-refractivity contribution is 8.15. The molecule has 1 aromatic heterocycles. The summed E-state index contributed by atoms with van der Waals surface area (Å²) in [6.45, 7) is 2.41. The molecule has 3 rings (SSSR count). The number of benzene rings is 1. The van der Waals surface area contributed by atoms with E-state index in [2.05, 4.69) is 15.3 Å². The predicted octanol–water partition coefficient (Wildman–Crippen LogP) is 3.12. The Balaban J connectivity index is 1.68. The largest absolute Gasteiger partial charge is 0.326 e. The number of thiazole rings is 1. The Kier molecular flexibility index (Phi) is 5.27. The summed E-state index contributed by atoms with van der Waals surface area (Å²) < 4.78 is 0. The van der Waals surface area contributed by atoms with Crippen molar-refractivity contribution in [3.63, 3.8) is 0 Å². The number of carbonyl (C=O) groups excluding carboxylic acids is 2. The van der Waals surface area contributed by atoms with E-state index in [0.29, 0.717) is 16.8 Å². The molecule has 1 atom stereocenters. The highest BCUT2D eigenvalue weighted by atomic mass is 32.2. The Morgan fingerprint density at radius 3 is 2.83 bits per heavy atom. The summed E-state index contributed by atoms with van der Waals surface area (Å²) in [5.74, 6) is -0.264. The normalized spacial score (nSPS) is 19.0. The van der Waals surface area contributed by atoms with Crippen LogP contribution in [0.25, 0.3) is 0 Å². The molecule has 0 bridgehead atoms. The average Bonchev–Trinajstić information content (AvgIpc) is 3.17. The van der Waals surface area contributed by atoms with Crippen LogP contribution in [0.3, 0.4) is 0 Å². The SMILES string of the molecule is CCN1C(=O)[C@H](CC(=O)Nc2ccccc2)SC1=Nc1nccs1. The third-order valence-electron chi connectivity index (χ3n) is 3.38. The highest BCUT2D eigenvalue weighted by Gasteiger charge is 2.38. The first-order valence-corrected chi connectivity index (χ1v) is 9.24. The third kappa shape index (κ3) is 3.82. The predicted molar refractivity (Wildman–Crippen MR) is 97.7 cm³/mol. The Morgan fingerprint density at radius 2 is 2.17 bits per heavy atom. The molecule has 24 heavy (non-hydrogen) atoms. The molecule has 0 saturated carbocycles. The van der Waals surface area contributed by atoms with E-state index in [1.807, 2.05) is 42.6 Å². The van der Waals surface area contributed by atoms with Gasteiger partial charge in [-0.15, -0.1) is 11.3 Å². The average molecular weight is 360 g/mol. The number of hydrogen-bond donors (Lipinski definition) is 1. The number of anilines is 1. The minimum Gasteiger partial charge on any atom is -0.326 e. The molecule has 0 spiro atoms. The Labute approximate surface area is 148 Å². The van der Waals surface area contributed by atoms with Gasteiger partial charge in [0.25, 0.3) is 0 Å². The number of carbonyl (C=O) groups is 2. The first-order valence-electron chi connectivity index (χ1n) is 7.48. The molecule has 1 aliphatic heterocycles. The van der Waals surface area contributed by atoms with Gasteiger partial charge >= 0.3 is 0 Å². The van der Waals surface area contributed by atoms with Crippen LogP contribution in [0.1, 0.15) is 13.3 Å². The Morgan fingerprint density at radius 1 is 1.38 bits per heavy atom. The van der Waals surface area contributed by atoms with Crippen LogP contribution < -0.4 is 5.32 Å². The molecule has 8 heteroatoms. The first kappa shape index (κ1) is 16.7. The van der Waals surface area contributed by atoms with Crippen LogP contribution in [-0.4, -0.2) is 38.7 Å². The van der Waals surface area contributed by atoms with Crippen molar-refractivity contribution in [3.8, 4) is 0 Å². The van der Waals surface area contributed by atoms with Crippen molar-refractivity contribution in [2.24, 2.45) is 4.99 Å². The number of aromatic nitrogens is 1. The van der Waals surface area contributed by atoms with Crippen LogP contribution in [0, 0.1) is 0 Å². The number of thioether (sulfide) groups is 1. The van der Waals surface area contributed by atoms with E-state index in [4.69, 9.17) is 0 Å². The lowest BCUT2D eigenvalue weighted by molar-refractivity contribution is -0.128. The summed E-state index contributed by atoms with van der Waals surface area (Å²) in [7, 11) is 0. The van der Waals surface area contributed by atoms with E-state index in [-0.39, 0.29) is 18.2 Å². The number of hydrogen-bond acceptors (Lipinski definition) is 6. The fraction of sp³-hybridized carbons (Fsp3) is 0.250. The van der Waals surface area contributed by atoms with Gasteiger partial charge in [-0.2, -0.15) is 4.99 Å². The number of amides is 2. The van der Waals surface area contributed by atoms with Crippen LogP contribution in [0.5, 0.6) is 0 Å². The van der Waals surface area contributed by atoms with Gasteiger partial charge in [0.15, 0.2) is 5.17 Å². The molecule has 1 aliphatic rings. The second-order valence-corrected chi connectivity index (χ2v) is 7.06. The standard InChI is InChI=1S/C16H16N4O2S2/c1-2-20-14(22)12(24-16(20)19-15-17-8-9-23-15)10-13(21)18-11-6-4-3-5-7-11/h3-9,12H,2,10H2,1H3,(H,18,21)/t12-/m0/s1. The van der Waals surface area contributed by atoms with Gasteiger partial charge < -0.3 is 5.32 Å².